The van der Waals surface area contributed by atoms with E-state index in [2.05, 4.69) is 10.3 Å². The van der Waals surface area contributed by atoms with Crippen molar-refractivity contribution in [3.8, 4) is 0 Å². The average Bonchev–Trinajstić information content (AvgIpc) is 2.17. The Balaban J connectivity index is 0. The second-order valence-electron chi connectivity index (χ2n) is 3.73. The Labute approximate surface area is 114 Å². The molecule has 2 atom stereocenters. The van der Waals surface area contributed by atoms with Gasteiger partial charge in [0.2, 0.25) is 5.91 Å². The van der Waals surface area contributed by atoms with Gasteiger partial charge in [-0.05, 0) is 26.0 Å². The summed E-state index contributed by atoms with van der Waals surface area (Å²) in [4.78, 5) is 15.6. The highest BCUT2D eigenvalue weighted by Crippen LogP contribution is 2.07. The summed E-state index contributed by atoms with van der Waals surface area (Å²) < 4.78 is 0. The third-order valence-corrected chi connectivity index (χ3v) is 2.02. The maximum absolute atomic E-state index is 11.4. The number of pyridine rings is 1. The van der Waals surface area contributed by atoms with E-state index in [1.54, 1.807) is 6.20 Å². The van der Waals surface area contributed by atoms with Gasteiger partial charge < -0.3 is 11.1 Å². The van der Waals surface area contributed by atoms with Crippen molar-refractivity contribution in [2.24, 2.45) is 5.73 Å². The van der Waals surface area contributed by atoms with Crippen molar-refractivity contribution in [2.75, 3.05) is 0 Å². The molecule has 0 aliphatic carbocycles. The van der Waals surface area contributed by atoms with Gasteiger partial charge in [-0.15, -0.1) is 24.8 Å². The molecule has 98 valence electrons. The molecule has 0 aromatic carbocycles. The van der Waals surface area contributed by atoms with Crippen molar-refractivity contribution in [1.29, 1.82) is 0 Å². The van der Waals surface area contributed by atoms with Gasteiger partial charge in [0.1, 0.15) is 0 Å². The summed E-state index contributed by atoms with van der Waals surface area (Å²) in [5.41, 5.74) is 6.39. The van der Waals surface area contributed by atoms with Crippen LogP contribution in [0.1, 0.15) is 32.0 Å². The maximum Gasteiger partial charge on any atom is 0.222 e. The fraction of sp³-hybridized carbons (Fsp3) is 0.455. The van der Waals surface area contributed by atoms with Crippen LogP contribution in [0.4, 0.5) is 0 Å². The standard InChI is InChI=1S/C11H17N3O.2ClH/c1-8(12)7-11(15)14-9(2)10-5-3-4-6-13-10;;/h3-6,8-9H,7,12H2,1-2H3,(H,14,15);2*1H. The summed E-state index contributed by atoms with van der Waals surface area (Å²) >= 11 is 0. The molecular weight excluding hydrogens is 261 g/mol. The molecule has 1 aromatic heterocycles. The van der Waals surface area contributed by atoms with Gasteiger partial charge in [-0.1, -0.05) is 6.07 Å². The third kappa shape index (κ3) is 7.15. The zero-order valence-electron chi connectivity index (χ0n) is 9.92. The molecule has 0 radical (unpaired) electrons. The Hall–Kier alpha value is -0.840. The number of carbonyl (C=O) groups is 1. The molecule has 0 spiro atoms. The molecule has 1 rings (SSSR count). The van der Waals surface area contributed by atoms with Crippen molar-refractivity contribution in [2.45, 2.75) is 32.4 Å². The van der Waals surface area contributed by atoms with Gasteiger partial charge in [0.25, 0.3) is 0 Å². The van der Waals surface area contributed by atoms with Crippen molar-refractivity contribution in [3.63, 3.8) is 0 Å². The lowest BCUT2D eigenvalue weighted by atomic mass is 10.2. The quantitative estimate of drug-likeness (QED) is 0.884. The van der Waals surface area contributed by atoms with Crippen molar-refractivity contribution in [1.82, 2.24) is 10.3 Å². The first-order valence-electron chi connectivity index (χ1n) is 5.05. The van der Waals surface area contributed by atoms with E-state index in [1.807, 2.05) is 32.0 Å². The Bertz CT molecular complexity index is 320. The first-order chi connectivity index (χ1) is 7.09. The van der Waals surface area contributed by atoms with Crippen LogP contribution < -0.4 is 11.1 Å². The zero-order chi connectivity index (χ0) is 11.3. The lowest BCUT2D eigenvalue weighted by Gasteiger charge is -2.14. The minimum Gasteiger partial charge on any atom is -0.348 e. The highest BCUT2D eigenvalue weighted by atomic mass is 35.5. The summed E-state index contributed by atoms with van der Waals surface area (Å²) in [6.07, 6.45) is 2.06. The summed E-state index contributed by atoms with van der Waals surface area (Å²) in [6, 6.07) is 5.45. The molecule has 0 bridgehead atoms. The molecule has 0 fully saturated rings. The lowest BCUT2D eigenvalue weighted by molar-refractivity contribution is -0.122. The van der Waals surface area contributed by atoms with Crippen LogP contribution in [0.5, 0.6) is 0 Å². The van der Waals surface area contributed by atoms with E-state index in [4.69, 9.17) is 5.73 Å². The molecule has 0 aliphatic rings. The van der Waals surface area contributed by atoms with E-state index >= 15 is 0 Å². The number of nitrogens with one attached hydrogen (secondary N) is 1. The smallest absolute Gasteiger partial charge is 0.222 e. The van der Waals surface area contributed by atoms with E-state index in [0.717, 1.165) is 5.69 Å². The number of hydrogen-bond acceptors (Lipinski definition) is 3. The van der Waals surface area contributed by atoms with E-state index < -0.39 is 0 Å². The van der Waals surface area contributed by atoms with Crippen LogP contribution in [0.2, 0.25) is 0 Å². The fourth-order valence-corrected chi connectivity index (χ4v) is 1.30. The number of nitrogens with zero attached hydrogens (tertiary/aromatic N) is 1. The second-order valence-corrected chi connectivity index (χ2v) is 3.73. The van der Waals surface area contributed by atoms with Crippen LogP contribution in [0.15, 0.2) is 24.4 Å². The van der Waals surface area contributed by atoms with Gasteiger partial charge in [0.15, 0.2) is 0 Å². The monoisotopic (exact) mass is 279 g/mol. The van der Waals surface area contributed by atoms with Crippen LogP contribution in [-0.4, -0.2) is 16.9 Å². The number of halogens is 2. The van der Waals surface area contributed by atoms with Crippen LogP contribution >= 0.6 is 24.8 Å². The van der Waals surface area contributed by atoms with E-state index in [0.29, 0.717) is 6.42 Å². The Kier molecular flexibility index (Phi) is 10.0. The molecule has 3 N–H and O–H groups in total. The van der Waals surface area contributed by atoms with Crippen molar-refractivity contribution < 1.29 is 4.79 Å². The first-order valence-corrected chi connectivity index (χ1v) is 5.05. The van der Waals surface area contributed by atoms with Gasteiger partial charge in [-0.25, -0.2) is 0 Å². The molecule has 17 heavy (non-hydrogen) atoms. The molecule has 4 nitrogen and oxygen atoms in total. The summed E-state index contributed by atoms with van der Waals surface area (Å²) in [5.74, 6) is -0.0387. The Morgan fingerprint density at radius 1 is 1.41 bits per heavy atom. The summed E-state index contributed by atoms with van der Waals surface area (Å²) in [5, 5.41) is 2.85. The predicted octanol–water partition coefficient (Wildman–Crippen LogP) is 1.84. The van der Waals surface area contributed by atoms with Crippen LogP contribution in [0.25, 0.3) is 0 Å². The van der Waals surface area contributed by atoms with Gasteiger partial charge in [0.05, 0.1) is 11.7 Å². The number of carbonyl (C=O) groups excluding carboxylic acids is 1. The first kappa shape index (κ1) is 18.5. The molecule has 6 heteroatoms. The molecule has 1 aromatic rings. The number of amides is 1. The van der Waals surface area contributed by atoms with Crippen LogP contribution in [-0.2, 0) is 4.79 Å². The molecule has 0 aliphatic heterocycles. The largest absolute Gasteiger partial charge is 0.348 e. The minimum absolute atomic E-state index is 0. The van der Waals surface area contributed by atoms with Gasteiger partial charge >= 0.3 is 0 Å². The maximum atomic E-state index is 11.4. The Morgan fingerprint density at radius 3 is 2.53 bits per heavy atom. The number of nitrogens with two attached hydrogens (primary N) is 1. The second kappa shape index (κ2) is 9.22. The van der Waals surface area contributed by atoms with E-state index in [1.165, 1.54) is 0 Å². The van der Waals surface area contributed by atoms with Crippen molar-refractivity contribution in [3.05, 3.63) is 30.1 Å². The predicted molar refractivity (Wildman–Crippen MR) is 73.6 cm³/mol. The van der Waals surface area contributed by atoms with Crippen molar-refractivity contribution >= 4 is 30.7 Å². The minimum atomic E-state index is -0.110. The van der Waals surface area contributed by atoms with Crippen LogP contribution in [0, 0.1) is 0 Å². The number of hydrogen-bond donors (Lipinski definition) is 2. The highest BCUT2D eigenvalue weighted by Gasteiger charge is 2.11. The summed E-state index contributed by atoms with van der Waals surface area (Å²) in [6.45, 7) is 3.71. The lowest BCUT2D eigenvalue weighted by Crippen LogP contribution is -2.32. The van der Waals surface area contributed by atoms with E-state index in [-0.39, 0.29) is 42.8 Å². The molecule has 0 saturated heterocycles. The SMILES string of the molecule is CC(N)CC(=O)NC(C)c1ccccn1.Cl.Cl. The number of aromatic nitrogens is 1. The van der Waals surface area contributed by atoms with Gasteiger partial charge in [-0.3, -0.25) is 9.78 Å². The van der Waals surface area contributed by atoms with Gasteiger partial charge in [0, 0.05) is 18.7 Å². The average molecular weight is 280 g/mol. The highest BCUT2D eigenvalue weighted by molar-refractivity contribution is 5.85. The topological polar surface area (TPSA) is 68.0 Å². The summed E-state index contributed by atoms with van der Waals surface area (Å²) in [7, 11) is 0. The molecule has 1 amide bonds. The zero-order valence-corrected chi connectivity index (χ0v) is 11.6. The Morgan fingerprint density at radius 2 is 2.06 bits per heavy atom. The number of rotatable bonds is 4. The van der Waals surface area contributed by atoms with E-state index in [9.17, 15) is 4.79 Å². The molecule has 0 saturated carbocycles. The molecule has 2 unspecified atom stereocenters. The normalized spacial score (nSPS) is 12.6. The fourth-order valence-electron chi connectivity index (χ4n) is 1.30. The third-order valence-electron chi connectivity index (χ3n) is 2.02. The van der Waals surface area contributed by atoms with Gasteiger partial charge in [-0.2, -0.15) is 0 Å². The van der Waals surface area contributed by atoms with Crippen LogP contribution in [0.3, 0.4) is 0 Å². The molecule has 1 heterocycles. The molecular formula is C11H19Cl2N3O.